The Hall–Kier alpha value is -2.84. The van der Waals surface area contributed by atoms with E-state index in [1.165, 1.54) is 19.1 Å². The summed E-state index contributed by atoms with van der Waals surface area (Å²) in [5.74, 6) is -0.973. The SMILES string of the molecule is C[C@@H](Oc1ccc(Cl)cc1)C(=O)OCC(=O)Nc1ccc([N+](=O)[O-])cc1Cl. The van der Waals surface area contributed by atoms with E-state index in [1.807, 2.05) is 0 Å². The number of rotatable bonds is 7. The summed E-state index contributed by atoms with van der Waals surface area (Å²) in [6.07, 6.45) is -0.943. The van der Waals surface area contributed by atoms with Crippen LogP contribution in [0.15, 0.2) is 42.5 Å². The Bertz CT molecular complexity index is 857. The van der Waals surface area contributed by atoms with Crippen LogP contribution in [0.4, 0.5) is 11.4 Å². The first kappa shape index (κ1) is 20.5. The van der Waals surface area contributed by atoms with Crippen LogP contribution in [0.5, 0.6) is 5.75 Å². The first-order valence-electron chi connectivity index (χ1n) is 7.59. The number of nitro groups is 1. The molecule has 0 aliphatic rings. The molecule has 0 aliphatic heterocycles. The van der Waals surface area contributed by atoms with Crippen LogP contribution in [-0.4, -0.2) is 29.5 Å². The zero-order chi connectivity index (χ0) is 20.0. The fraction of sp³-hybridized carbons (Fsp3) is 0.176. The number of ether oxygens (including phenoxy) is 2. The molecule has 1 atom stereocenters. The number of nitro benzene ring substituents is 1. The molecule has 0 saturated heterocycles. The van der Waals surface area contributed by atoms with E-state index >= 15 is 0 Å². The summed E-state index contributed by atoms with van der Waals surface area (Å²) in [5, 5.41) is 13.6. The second kappa shape index (κ2) is 9.20. The molecule has 0 bridgehead atoms. The van der Waals surface area contributed by atoms with Gasteiger partial charge in [-0.3, -0.25) is 14.9 Å². The maximum absolute atomic E-state index is 11.9. The van der Waals surface area contributed by atoms with E-state index in [1.54, 1.807) is 24.3 Å². The predicted molar refractivity (Wildman–Crippen MR) is 99.2 cm³/mol. The molecule has 0 saturated carbocycles. The molecule has 0 radical (unpaired) electrons. The van der Waals surface area contributed by atoms with Gasteiger partial charge in [0, 0.05) is 17.2 Å². The van der Waals surface area contributed by atoms with E-state index in [0.29, 0.717) is 10.8 Å². The fourth-order valence-electron chi connectivity index (χ4n) is 1.92. The van der Waals surface area contributed by atoms with Crippen molar-refractivity contribution in [3.05, 3.63) is 62.6 Å². The quantitative estimate of drug-likeness (QED) is 0.420. The van der Waals surface area contributed by atoms with E-state index in [4.69, 9.17) is 32.7 Å². The Balaban J connectivity index is 1.84. The third-order valence-corrected chi connectivity index (χ3v) is 3.81. The van der Waals surface area contributed by atoms with Crippen molar-refractivity contribution in [1.29, 1.82) is 0 Å². The largest absolute Gasteiger partial charge is 0.479 e. The van der Waals surface area contributed by atoms with Gasteiger partial charge in [-0.05, 0) is 37.3 Å². The maximum Gasteiger partial charge on any atom is 0.347 e. The standard InChI is InChI=1S/C17H14Cl2N2O6/c1-10(27-13-5-2-11(18)3-6-13)17(23)26-9-16(22)20-15-7-4-12(21(24)25)8-14(15)19/h2-8,10H,9H2,1H3,(H,20,22)/t10-/m1/s1. The first-order chi connectivity index (χ1) is 12.8. The van der Waals surface area contributed by atoms with Gasteiger partial charge < -0.3 is 14.8 Å². The Morgan fingerprint density at radius 2 is 1.85 bits per heavy atom. The highest BCUT2D eigenvalue weighted by atomic mass is 35.5. The first-order valence-corrected chi connectivity index (χ1v) is 8.34. The molecular weight excluding hydrogens is 399 g/mol. The molecule has 1 N–H and O–H groups in total. The minimum absolute atomic E-state index is 0.0108. The lowest BCUT2D eigenvalue weighted by atomic mass is 10.3. The van der Waals surface area contributed by atoms with Gasteiger partial charge in [0.1, 0.15) is 5.75 Å². The Kier molecular flexibility index (Phi) is 6.98. The van der Waals surface area contributed by atoms with Crippen molar-refractivity contribution in [3.8, 4) is 5.75 Å². The van der Waals surface area contributed by atoms with Gasteiger partial charge in [0.15, 0.2) is 12.7 Å². The van der Waals surface area contributed by atoms with Gasteiger partial charge in [0.05, 0.1) is 15.6 Å². The van der Waals surface area contributed by atoms with E-state index < -0.39 is 29.5 Å². The van der Waals surface area contributed by atoms with Gasteiger partial charge in [-0.2, -0.15) is 0 Å². The number of carbonyl (C=O) groups is 2. The van der Waals surface area contributed by atoms with Crippen LogP contribution < -0.4 is 10.1 Å². The number of carbonyl (C=O) groups excluding carboxylic acids is 2. The van der Waals surface area contributed by atoms with Gasteiger partial charge in [-0.15, -0.1) is 0 Å². The Labute approximate surface area is 164 Å². The summed E-state index contributed by atoms with van der Waals surface area (Å²) in [5.41, 5.74) is -0.0496. The van der Waals surface area contributed by atoms with Crippen molar-refractivity contribution in [2.24, 2.45) is 0 Å². The summed E-state index contributed by atoms with van der Waals surface area (Å²) in [6, 6.07) is 9.98. The third kappa shape index (κ3) is 6.12. The lowest BCUT2D eigenvalue weighted by Crippen LogP contribution is -2.29. The van der Waals surface area contributed by atoms with Crippen LogP contribution in [-0.2, 0) is 14.3 Å². The monoisotopic (exact) mass is 412 g/mol. The normalized spacial score (nSPS) is 11.4. The summed E-state index contributed by atoms with van der Waals surface area (Å²) in [6.45, 7) is 0.905. The third-order valence-electron chi connectivity index (χ3n) is 3.24. The van der Waals surface area contributed by atoms with Crippen LogP contribution in [0, 0.1) is 10.1 Å². The van der Waals surface area contributed by atoms with Crippen LogP contribution in [0.2, 0.25) is 10.0 Å². The van der Waals surface area contributed by atoms with E-state index in [9.17, 15) is 19.7 Å². The number of halogens is 2. The van der Waals surface area contributed by atoms with Crippen molar-refractivity contribution in [2.75, 3.05) is 11.9 Å². The minimum atomic E-state index is -0.943. The molecule has 8 nitrogen and oxygen atoms in total. The molecule has 142 valence electrons. The maximum atomic E-state index is 11.9. The van der Waals surface area contributed by atoms with Crippen molar-refractivity contribution in [3.63, 3.8) is 0 Å². The van der Waals surface area contributed by atoms with Crippen LogP contribution >= 0.6 is 23.2 Å². The number of hydrogen-bond donors (Lipinski definition) is 1. The zero-order valence-electron chi connectivity index (χ0n) is 14.0. The van der Waals surface area contributed by atoms with E-state index in [0.717, 1.165) is 6.07 Å². The number of amides is 1. The smallest absolute Gasteiger partial charge is 0.347 e. The van der Waals surface area contributed by atoms with Gasteiger partial charge in [-0.25, -0.2) is 4.79 Å². The summed E-state index contributed by atoms with van der Waals surface area (Å²) in [4.78, 5) is 33.8. The van der Waals surface area contributed by atoms with Crippen molar-refractivity contribution in [2.45, 2.75) is 13.0 Å². The van der Waals surface area contributed by atoms with E-state index in [2.05, 4.69) is 5.32 Å². The minimum Gasteiger partial charge on any atom is -0.479 e. The topological polar surface area (TPSA) is 108 Å². The second-order valence-electron chi connectivity index (χ2n) is 5.29. The van der Waals surface area contributed by atoms with Gasteiger partial charge >= 0.3 is 5.97 Å². The second-order valence-corrected chi connectivity index (χ2v) is 6.13. The molecule has 2 rings (SSSR count). The predicted octanol–water partition coefficient (Wildman–Crippen LogP) is 3.85. The number of anilines is 1. The number of non-ortho nitro benzene ring substituents is 1. The number of hydrogen-bond acceptors (Lipinski definition) is 6. The molecular formula is C17H14Cl2N2O6. The van der Waals surface area contributed by atoms with Crippen molar-refractivity contribution < 1.29 is 24.0 Å². The Morgan fingerprint density at radius 3 is 2.44 bits per heavy atom. The molecule has 0 unspecified atom stereocenters. The zero-order valence-corrected chi connectivity index (χ0v) is 15.5. The fourth-order valence-corrected chi connectivity index (χ4v) is 2.27. The highest BCUT2D eigenvalue weighted by Gasteiger charge is 2.18. The average Bonchev–Trinajstić information content (AvgIpc) is 2.63. The molecule has 0 aromatic heterocycles. The summed E-state index contributed by atoms with van der Waals surface area (Å²) < 4.78 is 10.3. The summed E-state index contributed by atoms with van der Waals surface area (Å²) in [7, 11) is 0. The highest BCUT2D eigenvalue weighted by Crippen LogP contribution is 2.26. The van der Waals surface area contributed by atoms with Crippen LogP contribution in [0.25, 0.3) is 0 Å². The molecule has 0 aliphatic carbocycles. The van der Waals surface area contributed by atoms with Crippen molar-refractivity contribution >= 4 is 46.5 Å². The van der Waals surface area contributed by atoms with Gasteiger partial charge in [0.2, 0.25) is 0 Å². The number of nitrogens with zero attached hydrogens (tertiary/aromatic N) is 1. The van der Waals surface area contributed by atoms with E-state index in [-0.39, 0.29) is 16.4 Å². The molecule has 1 amide bonds. The summed E-state index contributed by atoms with van der Waals surface area (Å²) >= 11 is 11.6. The number of esters is 1. The highest BCUT2D eigenvalue weighted by molar-refractivity contribution is 6.34. The van der Waals surface area contributed by atoms with Crippen LogP contribution in [0.3, 0.4) is 0 Å². The molecule has 27 heavy (non-hydrogen) atoms. The lowest BCUT2D eigenvalue weighted by Gasteiger charge is -2.14. The Morgan fingerprint density at radius 1 is 1.19 bits per heavy atom. The molecule has 0 fully saturated rings. The van der Waals surface area contributed by atoms with Crippen molar-refractivity contribution in [1.82, 2.24) is 0 Å². The molecule has 0 heterocycles. The van der Waals surface area contributed by atoms with Gasteiger partial charge in [0.25, 0.3) is 11.6 Å². The molecule has 10 heteroatoms. The average molecular weight is 413 g/mol. The molecule has 2 aromatic carbocycles. The number of nitrogens with one attached hydrogen (secondary N) is 1. The molecule has 0 spiro atoms. The van der Waals surface area contributed by atoms with Gasteiger partial charge in [-0.1, -0.05) is 23.2 Å². The number of benzene rings is 2. The van der Waals surface area contributed by atoms with Crippen LogP contribution in [0.1, 0.15) is 6.92 Å². The molecule has 2 aromatic rings. The lowest BCUT2D eigenvalue weighted by molar-refractivity contribution is -0.384.